The number of amides is 2. The molecule has 7 nitrogen and oxygen atoms in total. The molecule has 0 radical (unpaired) electrons. The molecule has 0 aliphatic rings. The molecule has 4 rings (SSSR count). The highest BCUT2D eigenvalue weighted by molar-refractivity contribution is 6.40. The van der Waals surface area contributed by atoms with E-state index in [9.17, 15) is 9.59 Å². The van der Waals surface area contributed by atoms with Crippen LogP contribution in [0.3, 0.4) is 0 Å². The fourth-order valence-corrected chi connectivity index (χ4v) is 3.82. The zero-order valence-corrected chi connectivity index (χ0v) is 19.2. The number of rotatable bonds is 6. The van der Waals surface area contributed by atoms with Crippen LogP contribution >= 0.6 is 35.6 Å². The Balaban J connectivity index is 0.00000289. The van der Waals surface area contributed by atoms with Gasteiger partial charge >= 0.3 is 0 Å². The zero-order valence-electron chi connectivity index (χ0n) is 16.9. The second kappa shape index (κ2) is 10.1. The van der Waals surface area contributed by atoms with Crippen LogP contribution in [-0.4, -0.2) is 21.2 Å². The SMILES string of the molecule is Cc1nc2c(NC(=O)c3c(Cl)cccc3Cl)cccn2c1CC(=O)NCc1ccco1.Cl. The molecule has 0 aliphatic carbocycles. The Labute approximate surface area is 200 Å². The van der Waals surface area contributed by atoms with Gasteiger partial charge in [-0.1, -0.05) is 29.3 Å². The summed E-state index contributed by atoms with van der Waals surface area (Å²) < 4.78 is 7.01. The van der Waals surface area contributed by atoms with Crippen LogP contribution in [0.5, 0.6) is 0 Å². The van der Waals surface area contributed by atoms with Gasteiger partial charge in [0, 0.05) is 6.20 Å². The van der Waals surface area contributed by atoms with Gasteiger partial charge in [-0.25, -0.2) is 4.98 Å². The molecule has 0 spiro atoms. The van der Waals surface area contributed by atoms with Gasteiger partial charge in [0.05, 0.1) is 51.9 Å². The van der Waals surface area contributed by atoms with Gasteiger partial charge in [-0.15, -0.1) is 12.4 Å². The molecule has 10 heteroatoms. The molecule has 0 saturated carbocycles. The van der Waals surface area contributed by atoms with E-state index in [0.29, 0.717) is 29.3 Å². The molecule has 3 aromatic heterocycles. The Bertz CT molecular complexity index is 1250. The van der Waals surface area contributed by atoms with Crippen molar-refractivity contribution in [3.05, 3.63) is 87.7 Å². The number of nitrogens with one attached hydrogen (secondary N) is 2. The van der Waals surface area contributed by atoms with E-state index in [4.69, 9.17) is 27.6 Å². The number of aryl methyl sites for hydroxylation is 1. The first-order chi connectivity index (χ1) is 14.9. The van der Waals surface area contributed by atoms with Crippen LogP contribution in [0.1, 0.15) is 27.5 Å². The third kappa shape index (κ3) is 4.91. The summed E-state index contributed by atoms with van der Waals surface area (Å²) in [7, 11) is 0. The monoisotopic (exact) mass is 492 g/mol. The molecule has 1 aromatic carbocycles. The van der Waals surface area contributed by atoms with E-state index >= 15 is 0 Å². The molecule has 0 unspecified atom stereocenters. The van der Waals surface area contributed by atoms with Crippen LogP contribution in [0.4, 0.5) is 5.69 Å². The first-order valence-electron chi connectivity index (χ1n) is 9.45. The third-order valence-corrected chi connectivity index (χ3v) is 5.39. The van der Waals surface area contributed by atoms with E-state index in [1.54, 1.807) is 59.3 Å². The first-order valence-corrected chi connectivity index (χ1v) is 10.2. The van der Waals surface area contributed by atoms with Crippen molar-refractivity contribution in [2.45, 2.75) is 19.9 Å². The minimum Gasteiger partial charge on any atom is -0.467 e. The van der Waals surface area contributed by atoms with Crippen molar-refractivity contribution in [3.63, 3.8) is 0 Å². The number of halogens is 3. The Morgan fingerprint density at radius 3 is 2.53 bits per heavy atom. The van der Waals surface area contributed by atoms with Gasteiger partial charge in [0.1, 0.15) is 5.76 Å². The highest BCUT2D eigenvalue weighted by atomic mass is 35.5. The lowest BCUT2D eigenvalue weighted by Gasteiger charge is -2.10. The Morgan fingerprint density at radius 1 is 1.09 bits per heavy atom. The number of pyridine rings is 1. The lowest BCUT2D eigenvalue weighted by molar-refractivity contribution is -0.120. The van der Waals surface area contributed by atoms with Crippen LogP contribution in [-0.2, 0) is 17.8 Å². The molecule has 0 bridgehead atoms. The minimum absolute atomic E-state index is 0. The molecular formula is C22H19Cl3N4O3. The van der Waals surface area contributed by atoms with Gasteiger partial charge in [0.2, 0.25) is 5.91 Å². The summed E-state index contributed by atoms with van der Waals surface area (Å²) in [5.74, 6) is 0.0622. The number of hydrogen-bond donors (Lipinski definition) is 2. The number of imidazole rings is 1. The smallest absolute Gasteiger partial charge is 0.258 e. The fraction of sp³-hybridized carbons (Fsp3) is 0.136. The average Bonchev–Trinajstić information content (AvgIpc) is 3.35. The summed E-state index contributed by atoms with van der Waals surface area (Å²) in [4.78, 5) is 29.8. The number of fused-ring (bicyclic) bond motifs is 1. The molecule has 3 heterocycles. The maximum absolute atomic E-state index is 12.8. The first kappa shape index (κ1) is 23.7. The van der Waals surface area contributed by atoms with Crippen molar-refractivity contribution in [3.8, 4) is 0 Å². The normalized spacial score (nSPS) is 10.6. The molecule has 2 amide bonds. The van der Waals surface area contributed by atoms with Crippen molar-refractivity contribution in [1.29, 1.82) is 0 Å². The van der Waals surface area contributed by atoms with E-state index in [-0.39, 0.29) is 40.3 Å². The van der Waals surface area contributed by atoms with Crippen molar-refractivity contribution < 1.29 is 14.0 Å². The molecule has 0 fully saturated rings. The third-order valence-electron chi connectivity index (χ3n) is 4.76. The van der Waals surface area contributed by atoms with Crippen molar-refractivity contribution in [2.24, 2.45) is 0 Å². The van der Waals surface area contributed by atoms with Gasteiger partial charge in [-0.2, -0.15) is 0 Å². The number of carbonyl (C=O) groups excluding carboxylic acids is 2. The number of carbonyl (C=O) groups is 2. The van der Waals surface area contributed by atoms with Gasteiger partial charge in [-0.3, -0.25) is 9.59 Å². The summed E-state index contributed by atoms with van der Waals surface area (Å²) in [6.45, 7) is 2.13. The zero-order chi connectivity index (χ0) is 22.0. The number of nitrogens with zero attached hydrogens (tertiary/aromatic N) is 2. The quantitative estimate of drug-likeness (QED) is 0.392. The van der Waals surface area contributed by atoms with Gasteiger partial charge in [-0.05, 0) is 43.3 Å². The maximum Gasteiger partial charge on any atom is 0.258 e. The van der Waals surface area contributed by atoms with Crippen molar-refractivity contribution in [2.75, 3.05) is 5.32 Å². The largest absolute Gasteiger partial charge is 0.467 e. The number of anilines is 1. The second-order valence-electron chi connectivity index (χ2n) is 6.84. The molecule has 166 valence electrons. The topological polar surface area (TPSA) is 88.6 Å². The van der Waals surface area contributed by atoms with Crippen LogP contribution in [0, 0.1) is 6.92 Å². The summed E-state index contributed by atoms with van der Waals surface area (Å²) in [5.41, 5.74) is 2.59. The molecule has 0 aliphatic heterocycles. The molecule has 2 N–H and O–H groups in total. The average molecular weight is 494 g/mol. The number of hydrogen-bond acceptors (Lipinski definition) is 4. The highest BCUT2D eigenvalue weighted by Crippen LogP contribution is 2.27. The Morgan fingerprint density at radius 2 is 1.84 bits per heavy atom. The Kier molecular flexibility index (Phi) is 7.45. The van der Waals surface area contributed by atoms with Crippen LogP contribution in [0.2, 0.25) is 10.0 Å². The lowest BCUT2D eigenvalue weighted by atomic mass is 10.2. The fourth-order valence-electron chi connectivity index (χ4n) is 3.25. The predicted molar refractivity (Wildman–Crippen MR) is 126 cm³/mol. The van der Waals surface area contributed by atoms with Crippen molar-refractivity contribution >= 4 is 58.8 Å². The molecule has 32 heavy (non-hydrogen) atoms. The standard InChI is InChI=1S/C22H18Cl2N4O3.ClH/c1-13-18(11-19(29)25-12-14-5-4-10-31-14)28-9-3-8-17(21(28)26-13)27-22(30)20-15(23)6-2-7-16(20)24;/h2-10H,11-12H2,1H3,(H,25,29)(H,27,30);1H. The van der Waals surface area contributed by atoms with Gasteiger partial charge < -0.3 is 19.5 Å². The van der Waals surface area contributed by atoms with E-state index in [1.165, 1.54) is 0 Å². The number of furan rings is 1. The summed E-state index contributed by atoms with van der Waals surface area (Å²) >= 11 is 12.3. The van der Waals surface area contributed by atoms with E-state index in [2.05, 4.69) is 15.6 Å². The van der Waals surface area contributed by atoms with E-state index < -0.39 is 5.91 Å². The molecular weight excluding hydrogens is 475 g/mol. The van der Waals surface area contributed by atoms with Crippen LogP contribution in [0.25, 0.3) is 5.65 Å². The molecule has 0 atom stereocenters. The number of aromatic nitrogens is 2. The number of benzene rings is 1. The minimum atomic E-state index is -0.443. The van der Waals surface area contributed by atoms with E-state index in [1.807, 2.05) is 6.92 Å². The van der Waals surface area contributed by atoms with Gasteiger partial charge in [0.15, 0.2) is 5.65 Å². The highest BCUT2D eigenvalue weighted by Gasteiger charge is 2.19. The maximum atomic E-state index is 12.8. The van der Waals surface area contributed by atoms with E-state index in [0.717, 1.165) is 5.69 Å². The Hall–Kier alpha value is -3.00. The lowest BCUT2D eigenvalue weighted by Crippen LogP contribution is -2.25. The summed E-state index contributed by atoms with van der Waals surface area (Å²) in [5, 5.41) is 6.15. The second-order valence-corrected chi connectivity index (χ2v) is 7.66. The van der Waals surface area contributed by atoms with Crippen LogP contribution < -0.4 is 10.6 Å². The molecule has 0 saturated heterocycles. The summed E-state index contributed by atoms with van der Waals surface area (Å²) in [6.07, 6.45) is 3.48. The summed E-state index contributed by atoms with van der Waals surface area (Å²) in [6, 6.07) is 11.9. The van der Waals surface area contributed by atoms with Gasteiger partial charge in [0.25, 0.3) is 5.91 Å². The predicted octanol–water partition coefficient (Wildman–Crippen LogP) is 5.08. The molecule has 4 aromatic rings. The van der Waals surface area contributed by atoms with Crippen molar-refractivity contribution in [1.82, 2.24) is 14.7 Å². The van der Waals surface area contributed by atoms with Crippen LogP contribution in [0.15, 0.2) is 59.3 Å².